The maximum Gasteiger partial charge on any atom is 0.289 e. The van der Waals surface area contributed by atoms with Crippen molar-refractivity contribution < 1.29 is 23.5 Å². The van der Waals surface area contributed by atoms with Crippen molar-refractivity contribution in [3.8, 4) is 0 Å². The standard InChI is InChI=1S/C26H33N5O5/c1-3-18-22(36-14-28-18)24(33)31-21(16-6-4-15(2)5-7-16)23(32)30-20-12-19-17(13-27-20)26(25(34)29-19)8-10-35-11-9-26/h12-16,21H,3-11H2,1-2H3,(H,29,34)(H,31,33)(H,27,30,32). The number of pyridine rings is 1. The first-order chi connectivity index (χ1) is 17.4. The normalized spacial score (nSPS) is 23.6. The highest BCUT2D eigenvalue weighted by Crippen LogP contribution is 2.44. The summed E-state index contributed by atoms with van der Waals surface area (Å²) in [5.41, 5.74) is 1.44. The predicted octanol–water partition coefficient (Wildman–Crippen LogP) is 3.20. The Hall–Kier alpha value is -3.27. The molecule has 3 aliphatic rings. The van der Waals surface area contributed by atoms with Crippen molar-refractivity contribution in [2.24, 2.45) is 11.8 Å². The van der Waals surface area contributed by atoms with E-state index in [-0.39, 0.29) is 23.5 Å². The van der Waals surface area contributed by atoms with E-state index >= 15 is 0 Å². The van der Waals surface area contributed by atoms with Gasteiger partial charge in [0.25, 0.3) is 5.91 Å². The van der Waals surface area contributed by atoms with E-state index in [4.69, 9.17) is 9.15 Å². The molecule has 0 aromatic carbocycles. The lowest BCUT2D eigenvalue weighted by Crippen LogP contribution is -2.49. The Bertz CT molecular complexity index is 1150. The monoisotopic (exact) mass is 495 g/mol. The summed E-state index contributed by atoms with van der Waals surface area (Å²) < 4.78 is 10.8. The number of aryl methyl sites for hydroxylation is 1. The molecule has 1 spiro atoms. The molecule has 192 valence electrons. The molecular weight excluding hydrogens is 462 g/mol. The molecule has 10 heteroatoms. The van der Waals surface area contributed by atoms with Crippen LogP contribution in [0.25, 0.3) is 0 Å². The summed E-state index contributed by atoms with van der Waals surface area (Å²) in [6.07, 6.45) is 8.37. The minimum Gasteiger partial charge on any atom is -0.438 e. The molecule has 1 saturated heterocycles. The average Bonchev–Trinajstić information content (AvgIpc) is 3.46. The van der Waals surface area contributed by atoms with E-state index in [2.05, 4.69) is 32.8 Å². The van der Waals surface area contributed by atoms with Crippen LogP contribution in [0, 0.1) is 11.8 Å². The molecule has 0 bridgehead atoms. The van der Waals surface area contributed by atoms with Crippen molar-refractivity contribution in [3.05, 3.63) is 35.7 Å². The van der Waals surface area contributed by atoms with Crippen LogP contribution in [-0.4, -0.2) is 46.9 Å². The van der Waals surface area contributed by atoms with Crippen LogP contribution in [-0.2, 0) is 26.2 Å². The summed E-state index contributed by atoms with van der Waals surface area (Å²) in [6, 6.07) is 0.953. The smallest absolute Gasteiger partial charge is 0.289 e. The zero-order valence-corrected chi connectivity index (χ0v) is 20.8. The summed E-state index contributed by atoms with van der Waals surface area (Å²) in [5.74, 6) is 0.238. The van der Waals surface area contributed by atoms with Gasteiger partial charge in [-0.15, -0.1) is 0 Å². The molecule has 0 radical (unpaired) electrons. The molecule has 10 nitrogen and oxygen atoms in total. The van der Waals surface area contributed by atoms with E-state index in [1.807, 2.05) is 6.92 Å². The summed E-state index contributed by atoms with van der Waals surface area (Å²) in [6.45, 7) is 5.15. The van der Waals surface area contributed by atoms with Crippen LogP contribution in [0.5, 0.6) is 0 Å². The molecule has 2 fully saturated rings. The second kappa shape index (κ2) is 10.0. The number of carbonyl (C=O) groups is 3. The Labute approximate surface area is 210 Å². The Balaban J connectivity index is 1.35. The number of rotatable bonds is 6. The number of carbonyl (C=O) groups excluding carboxylic acids is 3. The number of anilines is 2. The number of ether oxygens (including phenoxy) is 1. The Morgan fingerprint density at radius 1 is 1.19 bits per heavy atom. The zero-order chi connectivity index (χ0) is 25.3. The van der Waals surface area contributed by atoms with Gasteiger partial charge < -0.3 is 25.1 Å². The summed E-state index contributed by atoms with van der Waals surface area (Å²) >= 11 is 0. The fraction of sp³-hybridized carbons (Fsp3) is 0.577. The number of hydrogen-bond acceptors (Lipinski definition) is 7. The van der Waals surface area contributed by atoms with Crippen molar-refractivity contribution in [2.45, 2.75) is 70.3 Å². The van der Waals surface area contributed by atoms with Crippen LogP contribution >= 0.6 is 0 Å². The number of hydrogen-bond donors (Lipinski definition) is 3. The SMILES string of the molecule is CCc1ncoc1C(=O)NC(C(=O)Nc1cc2c(cn1)C1(CCOCC1)C(=O)N2)C1CCC(C)CC1. The number of oxazole rings is 1. The van der Waals surface area contributed by atoms with Crippen LogP contribution in [0.2, 0.25) is 0 Å². The molecule has 36 heavy (non-hydrogen) atoms. The van der Waals surface area contributed by atoms with E-state index in [0.29, 0.717) is 55.6 Å². The molecule has 5 rings (SSSR count). The number of nitrogens with zero attached hydrogens (tertiary/aromatic N) is 2. The first-order valence-electron chi connectivity index (χ1n) is 12.8. The van der Waals surface area contributed by atoms with Gasteiger partial charge in [0.05, 0.1) is 16.8 Å². The second-order valence-corrected chi connectivity index (χ2v) is 10.2. The molecular formula is C26H33N5O5. The molecule has 1 aliphatic carbocycles. The topological polar surface area (TPSA) is 135 Å². The van der Waals surface area contributed by atoms with Gasteiger partial charge in [-0.2, -0.15) is 0 Å². The van der Waals surface area contributed by atoms with Gasteiger partial charge in [0.2, 0.25) is 17.6 Å². The van der Waals surface area contributed by atoms with E-state index in [1.165, 1.54) is 6.39 Å². The van der Waals surface area contributed by atoms with Crippen molar-refractivity contribution in [2.75, 3.05) is 23.8 Å². The molecule has 1 saturated carbocycles. The van der Waals surface area contributed by atoms with Gasteiger partial charge in [0.15, 0.2) is 6.39 Å². The first-order valence-corrected chi connectivity index (χ1v) is 12.8. The Morgan fingerprint density at radius 3 is 2.67 bits per heavy atom. The predicted molar refractivity (Wildman–Crippen MR) is 131 cm³/mol. The summed E-state index contributed by atoms with van der Waals surface area (Å²) in [4.78, 5) is 47.9. The quantitative estimate of drug-likeness (QED) is 0.560. The maximum absolute atomic E-state index is 13.5. The number of aromatic nitrogens is 2. The van der Waals surface area contributed by atoms with Gasteiger partial charge in [-0.1, -0.05) is 26.7 Å². The van der Waals surface area contributed by atoms with Gasteiger partial charge in [0, 0.05) is 31.0 Å². The largest absolute Gasteiger partial charge is 0.438 e. The molecule has 4 heterocycles. The zero-order valence-electron chi connectivity index (χ0n) is 20.8. The van der Waals surface area contributed by atoms with Crippen molar-refractivity contribution >= 4 is 29.2 Å². The van der Waals surface area contributed by atoms with Gasteiger partial charge in [0.1, 0.15) is 11.9 Å². The molecule has 1 unspecified atom stereocenters. The first kappa shape index (κ1) is 24.4. The van der Waals surface area contributed by atoms with Crippen molar-refractivity contribution in [1.82, 2.24) is 15.3 Å². The van der Waals surface area contributed by atoms with Gasteiger partial charge >= 0.3 is 0 Å². The van der Waals surface area contributed by atoms with E-state index in [9.17, 15) is 14.4 Å². The summed E-state index contributed by atoms with van der Waals surface area (Å²) in [7, 11) is 0. The number of amides is 3. The van der Waals surface area contributed by atoms with E-state index in [1.54, 1.807) is 12.3 Å². The van der Waals surface area contributed by atoms with Gasteiger partial charge in [-0.05, 0) is 43.9 Å². The minimum absolute atomic E-state index is 0.00205. The lowest BCUT2D eigenvalue weighted by atomic mass is 9.76. The third kappa shape index (κ3) is 4.50. The van der Waals surface area contributed by atoms with Crippen LogP contribution in [0.4, 0.5) is 11.5 Å². The fourth-order valence-corrected chi connectivity index (χ4v) is 5.72. The van der Waals surface area contributed by atoms with Crippen LogP contribution in [0.3, 0.4) is 0 Å². The molecule has 3 amide bonds. The lowest BCUT2D eigenvalue weighted by molar-refractivity contribution is -0.124. The van der Waals surface area contributed by atoms with E-state index in [0.717, 1.165) is 31.2 Å². The highest BCUT2D eigenvalue weighted by molar-refractivity contribution is 6.07. The lowest BCUT2D eigenvalue weighted by Gasteiger charge is -2.32. The van der Waals surface area contributed by atoms with E-state index < -0.39 is 17.4 Å². The number of fused-ring (bicyclic) bond motifs is 2. The van der Waals surface area contributed by atoms with Gasteiger partial charge in [-0.25, -0.2) is 9.97 Å². The van der Waals surface area contributed by atoms with Crippen molar-refractivity contribution in [1.29, 1.82) is 0 Å². The Kier molecular flexibility index (Phi) is 6.79. The second-order valence-electron chi connectivity index (χ2n) is 10.2. The van der Waals surface area contributed by atoms with Crippen LogP contribution in [0.15, 0.2) is 23.1 Å². The fourth-order valence-electron chi connectivity index (χ4n) is 5.72. The third-order valence-electron chi connectivity index (χ3n) is 7.98. The maximum atomic E-state index is 13.5. The third-order valence-corrected chi connectivity index (χ3v) is 7.98. The molecule has 2 aromatic heterocycles. The van der Waals surface area contributed by atoms with Crippen molar-refractivity contribution in [3.63, 3.8) is 0 Å². The average molecular weight is 496 g/mol. The minimum atomic E-state index is -0.744. The molecule has 2 aromatic rings. The molecule has 3 N–H and O–H groups in total. The van der Waals surface area contributed by atoms with Crippen LogP contribution < -0.4 is 16.0 Å². The summed E-state index contributed by atoms with van der Waals surface area (Å²) in [5, 5.41) is 8.74. The van der Waals surface area contributed by atoms with Gasteiger partial charge in [-0.3, -0.25) is 14.4 Å². The Morgan fingerprint density at radius 2 is 1.94 bits per heavy atom. The highest BCUT2D eigenvalue weighted by atomic mass is 16.5. The molecule has 2 aliphatic heterocycles. The molecule has 1 atom stereocenters. The highest BCUT2D eigenvalue weighted by Gasteiger charge is 2.48. The van der Waals surface area contributed by atoms with Crippen LogP contribution in [0.1, 0.15) is 74.2 Å². The number of nitrogens with one attached hydrogen (secondary N) is 3.